The first kappa shape index (κ1) is 20.0. The maximum Gasteiger partial charge on any atom is 0.142 e. The predicted molar refractivity (Wildman–Crippen MR) is 108 cm³/mol. The molecule has 0 radical (unpaired) electrons. The van der Waals surface area contributed by atoms with E-state index in [1.54, 1.807) is 7.11 Å². The number of nitrogens with zero attached hydrogens (tertiary/aromatic N) is 2. The van der Waals surface area contributed by atoms with Crippen molar-refractivity contribution in [2.45, 2.75) is 43.8 Å². The van der Waals surface area contributed by atoms with Crippen LogP contribution in [0.3, 0.4) is 0 Å². The lowest BCUT2D eigenvalue weighted by atomic mass is 9.85. The SMILES string of the molecule is C#CC1(OCC(O)CN2CCN(c3ccccc3OC)CC2)CCCCC1. The van der Waals surface area contributed by atoms with Crippen molar-refractivity contribution in [1.82, 2.24) is 4.90 Å². The summed E-state index contributed by atoms with van der Waals surface area (Å²) in [5.41, 5.74) is 0.679. The summed E-state index contributed by atoms with van der Waals surface area (Å²) in [5, 5.41) is 10.4. The molecular formula is C22H32N2O3. The Morgan fingerprint density at radius 2 is 1.85 bits per heavy atom. The molecule has 0 bridgehead atoms. The number of para-hydroxylation sites is 2. The van der Waals surface area contributed by atoms with E-state index < -0.39 is 11.7 Å². The van der Waals surface area contributed by atoms with Gasteiger partial charge in [-0.1, -0.05) is 24.5 Å². The zero-order valence-electron chi connectivity index (χ0n) is 16.4. The van der Waals surface area contributed by atoms with Crippen LogP contribution in [0.1, 0.15) is 32.1 Å². The molecule has 0 spiro atoms. The Labute approximate surface area is 163 Å². The molecule has 0 aromatic heterocycles. The van der Waals surface area contributed by atoms with Crippen LogP contribution >= 0.6 is 0 Å². The molecular weight excluding hydrogens is 340 g/mol. The van der Waals surface area contributed by atoms with E-state index in [1.807, 2.05) is 18.2 Å². The van der Waals surface area contributed by atoms with Crippen LogP contribution < -0.4 is 9.64 Å². The van der Waals surface area contributed by atoms with Crippen LogP contribution in [0.15, 0.2) is 24.3 Å². The summed E-state index contributed by atoms with van der Waals surface area (Å²) < 4.78 is 11.5. The summed E-state index contributed by atoms with van der Waals surface area (Å²) in [6.45, 7) is 4.60. The first-order valence-corrected chi connectivity index (χ1v) is 10.1. The zero-order valence-corrected chi connectivity index (χ0v) is 16.4. The average molecular weight is 373 g/mol. The number of methoxy groups -OCH3 is 1. The van der Waals surface area contributed by atoms with Gasteiger partial charge in [0.25, 0.3) is 0 Å². The van der Waals surface area contributed by atoms with Crippen molar-refractivity contribution in [2.75, 3.05) is 51.3 Å². The molecule has 1 saturated heterocycles. The van der Waals surface area contributed by atoms with Crippen LogP contribution in [-0.2, 0) is 4.74 Å². The molecule has 1 atom stereocenters. The monoisotopic (exact) mass is 372 g/mol. The third-order valence-corrected chi connectivity index (χ3v) is 5.74. The van der Waals surface area contributed by atoms with Crippen LogP contribution in [0.4, 0.5) is 5.69 Å². The van der Waals surface area contributed by atoms with Crippen LogP contribution in [0, 0.1) is 12.3 Å². The summed E-state index contributed by atoms with van der Waals surface area (Å²) in [6, 6.07) is 8.12. The minimum atomic E-state index is -0.505. The largest absolute Gasteiger partial charge is 0.495 e. The van der Waals surface area contributed by atoms with Gasteiger partial charge in [-0.3, -0.25) is 4.90 Å². The van der Waals surface area contributed by atoms with Crippen molar-refractivity contribution in [3.63, 3.8) is 0 Å². The average Bonchev–Trinajstić information content (AvgIpc) is 2.73. The molecule has 27 heavy (non-hydrogen) atoms. The summed E-state index contributed by atoms with van der Waals surface area (Å²) in [5.74, 6) is 3.75. The highest BCUT2D eigenvalue weighted by atomic mass is 16.5. The van der Waals surface area contributed by atoms with Gasteiger partial charge in [-0.15, -0.1) is 6.42 Å². The highest BCUT2D eigenvalue weighted by Gasteiger charge is 2.31. The van der Waals surface area contributed by atoms with Crippen molar-refractivity contribution in [3.05, 3.63) is 24.3 Å². The van der Waals surface area contributed by atoms with Crippen molar-refractivity contribution in [3.8, 4) is 18.1 Å². The van der Waals surface area contributed by atoms with Crippen molar-refractivity contribution in [1.29, 1.82) is 0 Å². The first-order valence-electron chi connectivity index (χ1n) is 10.1. The number of hydrogen-bond acceptors (Lipinski definition) is 5. The van der Waals surface area contributed by atoms with Gasteiger partial charge >= 0.3 is 0 Å². The number of ether oxygens (including phenoxy) is 2. The van der Waals surface area contributed by atoms with Gasteiger partial charge in [-0.05, 0) is 37.8 Å². The minimum absolute atomic E-state index is 0.316. The Morgan fingerprint density at radius 3 is 2.52 bits per heavy atom. The van der Waals surface area contributed by atoms with Gasteiger partial charge in [0.2, 0.25) is 0 Å². The number of hydrogen-bond donors (Lipinski definition) is 1. The fourth-order valence-corrected chi connectivity index (χ4v) is 4.12. The second-order valence-electron chi connectivity index (χ2n) is 7.62. The molecule has 148 valence electrons. The van der Waals surface area contributed by atoms with Gasteiger partial charge in [0.05, 0.1) is 25.5 Å². The van der Waals surface area contributed by atoms with Crippen LogP contribution in [0.25, 0.3) is 0 Å². The standard InChI is InChI=1S/C22H32N2O3/c1-3-22(11-7-4-8-12-22)27-18-19(25)17-23-13-15-24(16-14-23)20-9-5-6-10-21(20)26-2/h1,5-6,9-10,19,25H,4,7-8,11-18H2,2H3. The Kier molecular flexibility index (Phi) is 7.01. The summed E-state index contributed by atoms with van der Waals surface area (Å²) in [7, 11) is 1.71. The molecule has 1 aromatic carbocycles. The molecule has 2 fully saturated rings. The second kappa shape index (κ2) is 9.45. The van der Waals surface area contributed by atoms with Crippen LogP contribution in [0.2, 0.25) is 0 Å². The van der Waals surface area contributed by atoms with E-state index in [-0.39, 0.29) is 0 Å². The smallest absolute Gasteiger partial charge is 0.142 e. The highest BCUT2D eigenvalue weighted by molar-refractivity contribution is 5.58. The van der Waals surface area contributed by atoms with E-state index in [9.17, 15) is 5.11 Å². The number of aliphatic hydroxyl groups excluding tert-OH is 1. The van der Waals surface area contributed by atoms with Crippen molar-refractivity contribution < 1.29 is 14.6 Å². The molecule has 1 aliphatic carbocycles. The van der Waals surface area contributed by atoms with Gasteiger partial charge in [-0.25, -0.2) is 0 Å². The van der Waals surface area contributed by atoms with Crippen LogP contribution in [0.5, 0.6) is 5.75 Å². The molecule has 1 saturated carbocycles. The van der Waals surface area contributed by atoms with E-state index in [0.717, 1.165) is 63.3 Å². The fraction of sp³-hybridized carbons (Fsp3) is 0.636. The van der Waals surface area contributed by atoms with Gasteiger partial charge in [0, 0.05) is 32.7 Å². The molecule has 2 aliphatic rings. The van der Waals surface area contributed by atoms with E-state index in [2.05, 4.69) is 21.8 Å². The minimum Gasteiger partial charge on any atom is -0.495 e. The highest BCUT2D eigenvalue weighted by Crippen LogP contribution is 2.31. The lowest BCUT2D eigenvalue weighted by Crippen LogP contribution is -2.49. The lowest BCUT2D eigenvalue weighted by molar-refractivity contribution is -0.0698. The summed E-state index contributed by atoms with van der Waals surface area (Å²) in [6.07, 6.45) is 10.5. The van der Waals surface area contributed by atoms with E-state index in [0.29, 0.717) is 13.2 Å². The lowest BCUT2D eigenvalue weighted by Gasteiger charge is -2.38. The predicted octanol–water partition coefficient (Wildman–Crippen LogP) is 2.53. The molecule has 3 rings (SSSR count). The maximum atomic E-state index is 10.4. The van der Waals surface area contributed by atoms with E-state index in [4.69, 9.17) is 15.9 Å². The fourth-order valence-electron chi connectivity index (χ4n) is 4.12. The number of benzene rings is 1. The van der Waals surface area contributed by atoms with E-state index >= 15 is 0 Å². The maximum absolute atomic E-state index is 10.4. The molecule has 1 N–H and O–H groups in total. The number of β-amino-alcohol motifs (C(OH)–C–C–N with tert-alkyl or cyclic N) is 1. The number of terminal acetylenes is 1. The van der Waals surface area contributed by atoms with Crippen LogP contribution in [-0.4, -0.2) is 68.2 Å². The van der Waals surface area contributed by atoms with Gasteiger partial charge in [0.15, 0.2) is 0 Å². The Hall–Kier alpha value is -1.74. The van der Waals surface area contributed by atoms with E-state index in [1.165, 1.54) is 6.42 Å². The normalized spacial score (nSPS) is 21.4. The topological polar surface area (TPSA) is 45.2 Å². The second-order valence-corrected chi connectivity index (χ2v) is 7.62. The summed E-state index contributed by atoms with van der Waals surface area (Å²) >= 11 is 0. The van der Waals surface area contributed by atoms with Gasteiger partial charge in [-0.2, -0.15) is 0 Å². The molecule has 0 amide bonds. The quantitative estimate of drug-likeness (QED) is 0.745. The summed E-state index contributed by atoms with van der Waals surface area (Å²) in [4.78, 5) is 4.64. The Bertz CT molecular complexity index is 629. The number of piperazine rings is 1. The van der Waals surface area contributed by atoms with Crippen molar-refractivity contribution >= 4 is 5.69 Å². The first-order chi connectivity index (χ1) is 13.2. The zero-order chi connectivity index (χ0) is 19.1. The third kappa shape index (κ3) is 5.16. The molecule has 1 unspecified atom stereocenters. The van der Waals surface area contributed by atoms with Gasteiger partial charge in [0.1, 0.15) is 11.4 Å². The molecule has 5 nitrogen and oxygen atoms in total. The molecule has 1 aliphatic heterocycles. The Balaban J connectivity index is 1.44. The Morgan fingerprint density at radius 1 is 1.15 bits per heavy atom. The van der Waals surface area contributed by atoms with Crippen molar-refractivity contribution in [2.24, 2.45) is 0 Å². The number of rotatable bonds is 7. The number of anilines is 1. The molecule has 5 heteroatoms. The third-order valence-electron chi connectivity index (χ3n) is 5.74. The molecule has 1 aromatic rings. The number of aliphatic hydroxyl groups is 1. The molecule has 1 heterocycles. The van der Waals surface area contributed by atoms with Gasteiger partial charge < -0.3 is 19.5 Å².